The number of carbonyl (C=O) groups is 4. The predicted octanol–water partition coefficient (Wildman–Crippen LogP) is 4.99. The Labute approximate surface area is 314 Å². The lowest BCUT2D eigenvalue weighted by Crippen LogP contribution is -2.56. The number of hydrogen-bond donors (Lipinski definition) is 1. The van der Waals surface area contributed by atoms with Crippen LogP contribution in [-0.2, 0) is 28.7 Å². The summed E-state index contributed by atoms with van der Waals surface area (Å²) >= 11 is 3.64. The third-order valence-electron chi connectivity index (χ3n) is 11.1. The van der Waals surface area contributed by atoms with Crippen LogP contribution in [0.25, 0.3) is 0 Å². The van der Waals surface area contributed by atoms with Gasteiger partial charge in [-0.25, -0.2) is 0 Å². The zero-order valence-electron chi connectivity index (χ0n) is 30.3. The summed E-state index contributed by atoms with van der Waals surface area (Å²) < 4.78 is 13.6. The number of aliphatic hydroxyl groups excluding tert-OH is 1. The number of amides is 3. The Kier molecular flexibility index (Phi) is 11.6. The van der Waals surface area contributed by atoms with Crippen molar-refractivity contribution in [3.8, 4) is 0 Å². The molecule has 0 aliphatic carbocycles. The molecule has 2 aromatic carbocycles. The Hall–Kier alpha value is -4.00. The maximum Gasteiger partial charge on any atom is 0.313 e. The molecule has 11 nitrogen and oxygen atoms in total. The van der Waals surface area contributed by atoms with Crippen molar-refractivity contribution in [1.82, 2.24) is 9.80 Å². The van der Waals surface area contributed by atoms with Crippen molar-refractivity contribution in [2.75, 3.05) is 49.6 Å². The molecule has 52 heavy (non-hydrogen) atoms. The van der Waals surface area contributed by atoms with Crippen LogP contribution in [0.3, 0.4) is 0 Å². The SMILES string of the molecule is CCN(CC)c1ccc(N2C/C=C\CCC(=O)N(C)[C@H](C)[C@@H](c3ccccc3)OC(=O)[C@@H]3[C@H]4O[C@@]5(C=C4Br)[C@H](C2=O)N(CCCCO)C(=O)[C@@H]35)cc1. The van der Waals surface area contributed by atoms with E-state index >= 15 is 4.79 Å². The molecule has 1 N–H and O–H groups in total. The molecule has 7 atom stereocenters. The van der Waals surface area contributed by atoms with Gasteiger partial charge in [0.05, 0.1) is 12.0 Å². The van der Waals surface area contributed by atoms with Gasteiger partial charge in [-0.2, -0.15) is 0 Å². The summed E-state index contributed by atoms with van der Waals surface area (Å²) in [4.78, 5) is 64.8. The highest BCUT2D eigenvalue weighted by atomic mass is 79.9. The van der Waals surface area contributed by atoms with E-state index in [1.807, 2.05) is 73.7 Å². The third kappa shape index (κ3) is 6.80. The second-order valence-corrected chi connectivity index (χ2v) is 14.9. The summed E-state index contributed by atoms with van der Waals surface area (Å²) in [6, 6.07) is 15.5. The summed E-state index contributed by atoms with van der Waals surface area (Å²) in [5, 5.41) is 9.62. The van der Waals surface area contributed by atoms with E-state index in [1.165, 1.54) is 0 Å². The molecule has 0 unspecified atom stereocenters. The number of ether oxygens (including phenoxy) is 2. The van der Waals surface area contributed by atoms with Gasteiger partial charge in [0.2, 0.25) is 11.8 Å². The number of nitrogens with zero attached hydrogens (tertiary/aromatic N) is 4. The monoisotopic (exact) mass is 776 g/mol. The fourth-order valence-corrected chi connectivity index (χ4v) is 8.94. The van der Waals surface area contributed by atoms with Crippen LogP contribution >= 0.6 is 15.9 Å². The Morgan fingerprint density at radius 1 is 0.942 bits per heavy atom. The van der Waals surface area contributed by atoms with Crippen LogP contribution < -0.4 is 9.80 Å². The number of fused-ring (bicyclic) bond motifs is 2. The number of hydrogen-bond acceptors (Lipinski definition) is 8. The Bertz CT molecular complexity index is 1700. The number of halogens is 1. The number of allylic oxidation sites excluding steroid dienone is 1. The van der Waals surface area contributed by atoms with E-state index in [-0.39, 0.29) is 43.8 Å². The molecule has 1 spiro atoms. The molecule has 0 radical (unpaired) electrons. The molecule has 4 heterocycles. The lowest BCUT2D eigenvalue weighted by Gasteiger charge is -2.36. The lowest BCUT2D eigenvalue weighted by atomic mass is 9.74. The fourth-order valence-electron chi connectivity index (χ4n) is 8.20. The minimum atomic E-state index is -1.43. The third-order valence-corrected chi connectivity index (χ3v) is 11.8. The van der Waals surface area contributed by atoms with E-state index < -0.39 is 47.7 Å². The first-order chi connectivity index (χ1) is 25.1. The van der Waals surface area contributed by atoms with Gasteiger partial charge >= 0.3 is 5.97 Å². The number of rotatable bonds is 9. The normalized spacial score (nSPS) is 30.0. The minimum Gasteiger partial charge on any atom is -0.455 e. The van der Waals surface area contributed by atoms with Crippen LogP contribution in [0.5, 0.6) is 0 Å². The quantitative estimate of drug-likeness (QED) is 0.215. The average Bonchev–Trinajstić information content (AvgIpc) is 3.75. The Morgan fingerprint density at radius 3 is 2.33 bits per heavy atom. The summed E-state index contributed by atoms with van der Waals surface area (Å²) in [6.07, 6.45) is 5.51. The van der Waals surface area contributed by atoms with Crippen molar-refractivity contribution in [1.29, 1.82) is 0 Å². The minimum absolute atomic E-state index is 0.0556. The smallest absolute Gasteiger partial charge is 0.313 e. The summed E-state index contributed by atoms with van der Waals surface area (Å²) in [7, 11) is 1.71. The number of aliphatic hydroxyl groups is 1. The van der Waals surface area contributed by atoms with Gasteiger partial charge in [-0.05, 0) is 75.9 Å². The Balaban J connectivity index is 1.46. The molecule has 0 saturated carbocycles. The van der Waals surface area contributed by atoms with Crippen LogP contribution in [0.2, 0.25) is 0 Å². The molecule has 12 heteroatoms. The first-order valence-corrected chi connectivity index (χ1v) is 19.2. The molecule has 5 bridgehead atoms. The number of unbranched alkanes of at least 4 members (excludes halogenated alkanes) is 1. The molecule has 4 aliphatic heterocycles. The van der Waals surface area contributed by atoms with E-state index in [9.17, 15) is 19.5 Å². The van der Waals surface area contributed by atoms with Crippen molar-refractivity contribution < 1.29 is 33.8 Å². The highest BCUT2D eigenvalue weighted by Crippen LogP contribution is 2.59. The number of cyclic esters (lactones) is 1. The number of esters is 1. The first kappa shape index (κ1) is 37.7. The standard InChI is InChI=1S/C40H49BrN4O7/c1-5-43(6-2)28-18-20-29(21-19-28)44-22-12-8-11-17-31(47)42(4)26(3)34(27-15-9-7-10-16-27)51-39(50)32-33-37(48)45(23-13-14-24-46)36(38(44)49)40(33)25-30(41)35(32)52-40/h7-10,12,15-16,18-21,25-26,32-36,46H,5-6,11,13-14,17,22-24H2,1-4H3/b12-8-/t26-,32+,33-,34+,35+,36+,40-/m1/s1. The first-order valence-electron chi connectivity index (χ1n) is 18.4. The average molecular weight is 778 g/mol. The summed E-state index contributed by atoms with van der Waals surface area (Å²) in [6.45, 7) is 8.04. The van der Waals surface area contributed by atoms with Crippen molar-refractivity contribution in [3.63, 3.8) is 0 Å². The van der Waals surface area contributed by atoms with Gasteiger partial charge in [-0.15, -0.1) is 0 Å². The molecular weight excluding hydrogens is 728 g/mol. The predicted molar refractivity (Wildman–Crippen MR) is 202 cm³/mol. The second kappa shape index (κ2) is 15.9. The van der Waals surface area contributed by atoms with Crippen LogP contribution in [0.1, 0.15) is 58.1 Å². The summed E-state index contributed by atoms with van der Waals surface area (Å²) in [5.41, 5.74) is 0.957. The van der Waals surface area contributed by atoms with Crippen LogP contribution in [0.4, 0.5) is 11.4 Å². The van der Waals surface area contributed by atoms with E-state index in [1.54, 1.807) is 27.8 Å². The molecule has 2 aromatic rings. The molecule has 278 valence electrons. The largest absolute Gasteiger partial charge is 0.455 e. The maximum absolute atomic E-state index is 15.1. The zero-order chi connectivity index (χ0) is 37.2. The molecule has 2 fully saturated rings. The van der Waals surface area contributed by atoms with E-state index in [2.05, 4.69) is 34.7 Å². The topological polar surface area (TPSA) is 120 Å². The van der Waals surface area contributed by atoms with Crippen LogP contribution in [0, 0.1) is 11.8 Å². The number of benzene rings is 2. The van der Waals surface area contributed by atoms with E-state index in [0.717, 1.165) is 18.8 Å². The number of likely N-dealkylation sites (tertiary alicyclic amines) is 1. The second-order valence-electron chi connectivity index (χ2n) is 14.0. The van der Waals surface area contributed by atoms with E-state index in [0.29, 0.717) is 35.0 Å². The molecular formula is C40H49BrN4O7. The fraction of sp³-hybridized carbons (Fsp3) is 0.500. The highest BCUT2D eigenvalue weighted by Gasteiger charge is 2.75. The van der Waals surface area contributed by atoms with Crippen molar-refractivity contribution in [2.45, 2.75) is 76.3 Å². The maximum atomic E-state index is 15.1. The van der Waals surface area contributed by atoms with Gasteiger partial charge in [0, 0.05) is 62.1 Å². The molecule has 6 rings (SSSR count). The molecule has 2 saturated heterocycles. The Morgan fingerprint density at radius 2 is 1.65 bits per heavy atom. The zero-order valence-corrected chi connectivity index (χ0v) is 31.9. The van der Waals surface area contributed by atoms with E-state index in [4.69, 9.17) is 9.47 Å². The van der Waals surface area contributed by atoms with Crippen molar-refractivity contribution in [3.05, 3.63) is 82.9 Å². The van der Waals surface area contributed by atoms with Gasteiger partial charge in [0.1, 0.15) is 29.8 Å². The highest BCUT2D eigenvalue weighted by molar-refractivity contribution is 9.11. The molecule has 3 amide bonds. The summed E-state index contributed by atoms with van der Waals surface area (Å²) in [5.74, 6) is -3.50. The van der Waals surface area contributed by atoms with Crippen molar-refractivity contribution >= 4 is 51.0 Å². The van der Waals surface area contributed by atoms with Gasteiger partial charge in [-0.1, -0.05) is 58.4 Å². The number of carbonyl (C=O) groups excluding carboxylic acids is 4. The van der Waals surface area contributed by atoms with Gasteiger partial charge in [0.25, 0.3) is 5.91 Å². The number of anilines is 2. The van der Waals surface area contributed by atoms with Crippen LogP contribution in [0.15, 0.2) is 77.3 Å². The van der Waals surface area contributed by atoms with Crippen molar-refractivity contribution in [2.24, 2.45) is 11.8 Å². The molecule has 4 aliphatic rings. The van der Waals surface area contributed by atoms with Gasteiger partial charge in [0.15, 0.2) is 0 Å². The van der Waals surface area contributed by atoms with Crippen LogP contribution in [-0.4, -0.2) is 102 Å². The molecule has 0 aromatic heterocycles. The van der Waals surface area contributed by atoms with Gasteiger partial charge < -0.3 is 34.2 Å². The number of likely N-dealkylation sites (N-methyl/N-ethyl adjacent to an activating group) is 1. The van der Waals surface area contributed by atoms with Gasteiger partial charge in [-0.3, -0.25) is 19.2 Å². The lowest BCUT2D eigenvalue weighted by molar-refractivity contribution is -0.164.